The summed E-state index contributed by atoms with van der Waals surface area (Å²) in [7, 11) is 0. The number of benzene rings is 1. The molecule has 22 heavy (non-hydrogen) atoms. The number of carbonyl (C=O) groups excluding carboxylic acids is 1. The molecule has 1 aromatic carbocycles. The minimum Gasteiger partial charge on any atom is -0.480 e. The number of likely N-dealkylation sites (tertiary alicyclic amines) is 1. The molecular formula is C14H15F3N2O3. The lowest BCUT2D eigenvalue weighted by atomic mass is 10.1. The second-order valence-corrected chi connectivity index (χ2v) is 5.04. The van der Waals surface area contributed by atoms with Gasteiger partial charge in [0.25, 0.3) is 0 Å². The van der Waals surface area contributed by atoms with Crippen LogP contribution in [-0.2, 0) is 17.5 Å². The van der Waals surface area contributed by atoms with Crippen molar-refractivity contribution in [1.29, 1.82) is 0 Å². The van der Waals surface area contributed by atoms with Crippen LogP contribution in [-0.4, -0.2) is 34.6 Å². The molecule has 0 saturated carbocycles. The Hall–Kier alpha value is -2.25. The number of halogens is 3. The number of nitrogens with zero attached hydrogens (tertiary/aromatic N) is 1. The summed E-state index contributed by atoms with van der Waals surface area (Å²) in [6.07, 6.45) is -3.38. The molecule has 1 aliphatic rings. The molecule has 0 unspecified atom stereocenters. The molecule has 1 aromatic rings. The molecule has 5 nitrogen and oxygen atoms in total. The molecule has 2 rings (SSSR count). The van der Waals surface area contributed by atoms with Crippen molar-refractivity contribution in [3.8, 4) is 0 Å². The molecule has 1 heterocycles. The predicted octanol–water partition coefficient (Wildman–Crippen LogP) is 2.46. The second kappa shape index (κ2) is 6.25. The molecule has 0 spiro atoms. The van der Waals surface area contributed by atoms with Gasteiger partial charge in [0.2, 0.25) is 0 Å². The Kier molecular flexibility index (Phi) is 4.58. The number of amides is 2. The van der Waals surface area contributed by atoms with E-state index in [-0.39, 0.29) is 6.54 Å². The van der Waals surface area contributed by atoms with Gasteiger partial charge in [0.1, 0.15) is 6.04 Å². The number of carboxylic acid groups (broad SMARTS) is 1. The van der Waals surface area contributed by atoms with Gasteiger partial charge in [-0.05, 0) is 30.5 Å². The van der Waals surface area contributed by atoms with Gasteiger partial charge >= 0.3 is 18.2 Å². The van der Waals surface area contributed by atoms with E-state index in [9.17, 15) is 22.8 Å². The summed E-state index contributed by atoms with van der Waals surface area (Å²) in [6.45, 7) is 0.398. The normalized spacial score (nSPS) is 18.3. The van der Waals surface area contributed by atoms with Gasteiger partial charge in [-0.2, -0.15) is 13.2 Å². The Morgan fingerprint density at radius 3 is 2.45 bits per heavy atom. The molecule has 0 aromatic heterocycles. The molecule has 0 aliphatic carbocycles. The average molecular weight is 316 g/mol. The Morgan fingerprint density at radius 1 is 1.27 bits per heavy atom. The molecule has 0 radical (unpaired) electrons. The van der Waals surface area contributed by atoms with Crippen LogP contribution in [0.5, 0.6) is 0 Å². The van der Waals surface area contributed by atoms with Crippen LogP contribution >= 0.6 is 0 Å². The van der Waals surface area contributed by atoms with E-state index >= 15 is 0 Å². The van der Waals surface area contributed by atoms with Gasteiger partial charge in [-0.25, -0.2) is 9.59 Å². The number of hydrogen-bond donors (Lipinski definition) is 2. The summed E-state index contributed by atoms with van der Waals surface area (Å²) in [5.41, 5.74) is -0.250. The van der Waals surface area contributed by atoms with E-state index < -0.39 is 29.8 Å². The molecule has 8 heteroatoms. The molecule has 0 bridgehead atoms. The average Bonchev–Trinajstić information content (AvgIpc) is 2.94. The van der Waals surface area contributed by atoms with Gasteiger partial charge in [0.15, 0.2) is 0 Å². The molecule has 2 N–H and O–H groups in total. The van der Waals surface area contributed by atoms with Crippen molar-refractivity contribution < 1.29 is 27.9 Å². The number of rotatable bonds is 3. The maximum absolute atomic E-state index is 12.4. The third kappa shape index (κ3) is 3.69. The Labute approximate surface area is 124 Å². The van der Waals surface area contributed by atoms with Crippen molar-refractivity contribution in [3.05, 3.63) is 35.4 Å². The summed E-state index contributed by atoms with van der Waals surface area (Å²) in [4.78, 5) is 24.2. The van der Waals surface area contributed by atoms with Crippen molar-refractivity contribution in [2.24, 2.45) is 0 Å². The van der Waals surface area contributed by atoms with Crippen LogP contribution in [0.3, 0.4) is 0 Å². The standard InChI is InChI=1S/C14H15F3N2O3/c15-14(16,17)10-5-3-9(4-6-10)8-18-13(22)19-7-1-2-11(19)12(20)21/h3-6,11H,1-2,7-8H2,(H,18,22)(H,20,21)/t11-/m1/s1. The zero-order valence-corrected chi connectivity index (χ0v) is 11.6. The summed E-state index contributed by atoms with van der Waals surface area (Å²) >= 11 is 0. The zero-order chi connectivity index (χ0) is 16.3. The second-order valence-electron chi connectivity index (χ2n) is 5.04. The van der Waals surface area contributed by atoms with Crippen molar-refractivity contribution >= 4 is 12.0 Å². The van der Waals surface area contributed by atoms with Crippen LogP contribution in [0.15, 0.2) is 24.3 Å². The smallest absolute Gasteiger partial charge is 0.416 e. The first-order valence-electron chi connectivity index (χ1n) is 6.72. The minimum absolute atomic E-state index is 0.0415. The zero-order valence-electron chi connectivity index (χ0n) is 11.6. The van der Waals surface area contributed by atoms with E-state index in [4.69, 9.17) is 5.11 Å². The number of urea groups is 1. The number of nitrogens with one attached hydrogen (secondary N) is 1. The topological polar surface area (TPSA) is 69.6 Å². The first kappa shape index (κ1) is 16.1. The summed E-state index contributed by atoms with van der Waals surface area (Å²) < 4.78 is 37.3. The molecule has 2 amide bonds. The fourth-order valence-corrected chi connectivity index (χ4v) is 2.36. The largest absolute Gasteiger partial charge is 0.480 e. The molecule has 120 valence electrons. The third-order valence-electron chi connectivity index (χ3n) is 3.52. The van der Waals surface area contributed by atoms with Crippen molar-refractivity contribution in [3.63, 3.8) is 0 Å². The SMILES string of the molecule is O=C(O)[C@H]1CCCN1C(=O)NCc1ccc(C(F)(F)F)cc1. The van der Waals surface area contributed by atoms with Crippen LogP contribution in [0.25, 0.3) is 0 Å². The van der Waals surface area contributed by atoms with Gasteiger partial charge in [0, 0.05) is 13.1 Å². The number of carboxylic acids is 1. The predicted molar refractivity (Wildman–Crippen MR) is 71.0 cm³/mol. The van der Waals surface area contributed by atoms with Crippen LogP contribution in [0.1, 0.15) is 24.0 Å². The van der Waals surface area contributed by atoms with E-state index in [0.717, 1.165) is 12.1 Å². The van der Waals surface area contributed by atoms with Gasteiger partial charge in [-0.15, -0.1) is 0 Å². The van der Waals surface area contributed by atoms with Crippen molar-refractivity contribution in [1.82, 2.24) is 10.2 Å². The van der Waals surface area contributed by atoms with Crippen LogP contribution in [0, 0.1) is 0 Å². The van der Waals surface area contributed by atoms with Crippen LogP contribution in [0.2, 0.25) is 0 Å². The summed E-state index contributed by atoms with van der Waals surface area (Å²) in [5.74, 6) is -1.05. The number of aliphatic carboxylic acids is 1. The highest BCUT2D eigenvalue weighted by Gasteiger charge is 2.34. The van der Waals surface area contributed by atoms with Crippen LogP contribution < -0.4 is 5.32 Å². The Morgan fingerprint density at radius 2 is 1.91 bits per heavy atom. The molecular weight excluding hydrogens is 301 g/mol. The Balaban J connectivity index is 1.92. The number of hydrogen-bond acceptors (Lipinski definition) is 2. The lowest BCUT2D eigenvalue weighted by Gasteiger charge is -2.21. The molecule has 1 atom stereocenters. The summed E-state index contributed by atoms with van der Waals surface area (Å²) in [5, 5.41) is 11.5. The lowest BCUT2D eigenvalue weighted by Crippen LogP contribution is -2.45. The third-order valence-corrected chi connectivity index (χ3v) is 3.52. The molecule has 1 aliphatic heterocycles. The highest BCUT2D eigenvalue weighted by Crippen LogP contribution is 2.29. The van der Waals surface area contributed by atoms with E-state index in [0.29, 0.717) is 24.9 Å². The Bertz CT molecular complexity index is 557. The van der Waals surface area contributed by atoms with Crippen molar-refractivity contribution in [2.75, 3.05) is 6.54 Å². The summed E-state index contributed by atoms with van der Waals surface area (Å²) in [6, 6.07) is 3.08. The minimum atomic E-state index is -4.40. The fraction of sp³-hybridized carbons (Fsp3) is 0.429. The maximum atomic E-state index is 12.4. The van der Waals surface area contributed by atoms with Gasteiger partial charge < -0.3 is 15.3 Å². The first-order valence-corrected chi connectivity index (χ1v) is 6.72. The lowest BCUT2D eigenvalue weighted by molar-refractivity contribution is -0.141. The first-order chi connectivity index (χ1) is 10.3. The quantitative estimate of drug-likeness (QED) is 0.900. The van der Waals surface area contributed by atoms with Gasteiger partial charge in [-0.1, -0.05) is 12.1 Å². The molecule has 1 fully saturated rings. The fourth-order valence-electron chi connectivity index (χ4n) is 2.36. The number of alkyl halides is 3. The van der Waals surface area contributed by atoms with E-state index in [1.807, 2.05) is 0 Å². The highest BCUT2D eigenvalue weighted by atomic mass is 19.4. The van der Waals surface area contributed by atoms with E-state index in [1.54, 1.807) is 0 Å². The number of carbonyl (C=O) groups is 2. The van der Waals surface area contributed by atoms with Crippen molar-refractivity contribution in [2.45, 2.75) is 31.6 Å². The van der Waals surface area contributed by atoms with Gasteiger partial charge in [-0.3, -0.25) is 0 Å². The monoisotopic (exact) mass is 316 g/mol. The highest BCUT2D eigenvalue weighted by molar-refractivity contribution is 5.83. The van der Waals surface area contributed by atoms with E-state index in [1.165, 1.54) is 17.0 Å². The van der Waals surface area contributed by atoms with Gasteiger partial charge in [0.05, 0.1) is 5.56 Å². The van der Waals surface area contributed by atoms with E-state index in [2.05, 4.69) is 5.32 Å². The molecule has 1 saturated heterocycles. The maximum Gasteiger partial charge on any atom is 0.416 e. The van der Waals surface area contributed by atoms with Crippen LogP contribution in [0.4, 0.5) is 18.0 Å².